The van der Waals surface area contributed by atoms with Gasteiger partial charge in [-0.25, -0.2) is 4.79 Å². The molecule has 1 atom stereocenters. The van der Waals surface area contributed by atoms with E-state index in [9.17, 15) is 18.0 Å². The maximum atomic E-state index is 12.0. The molecule has 0 aliphatic heterocycles. The standard InChI is InChI=1S/C17H24N2O.C2HF3O2/c1-19(2)13-15-10-8-14(9-11-15)12-18-17(20)16-6-4-3-5-7-16;3-2(4,5)1(6)7/h3-4,8-11,16H,5-7,12-13H2,1-2H3,(H,18,20);(H,6,7). The van der Waals surface area contributed by atoms with Gasteiger partial charge in [-0.05, 0) is 44.5 Å². The van der Waals surface area contributed by atoms with Gasteiger partial charge in [-0.3, -0.25) is 4.79 Å². The lowest BCUT2D eigenvalue weighted by atomic mass is 9.93. The number of allylic oxidation sites excluding steroid dienone is 2. The van der Waals surface area contributed by atoms with E-state index < -0.39 is 12.1 Å². The van der Waals surface area contributed by atoms with Gasteiger partial charge in [0.05, 0.1) is 0 Å². The zero-order valence-electron chi connectivity index (χ0n) is 15.4. The molecule has 0 bridgehead atoms. The summed E-state index contributed by atoms with van der Waals surface area (Å²) in [6.07, 6.45) is 2.08. The Morgan fingerprint density at radius 1 is 1.15 bits per heavy atom. The summed E-state index contributed by atoms with van der Waals surface area (Å²) in [5.74, 6) is -2.41. The predicted molar refractivity (Wildman–Crippen MR) is 95.9 cm³/mol. The minimum absolute atomic E-state index is 0.160. The lowest BCUT2D eigenvalue weighted by Gasteiger charge is -2.17. The number of nitrogens with one attached hydrogen (secondary N) is 1. The number of hydrogen-bond donors (Lipinski definition) is 2. The van der Waals surface area contributed by atoms with E-state index in [2.05, 4.69) is 60.7 Å². The average molecular weight is 386 g/mol. The van der Waals surface area contributed by atoms with Crippen molar-refractivity contribution in [3.63, 3.8) is 0 Å². The minimum Gasteiger partial charge on any atom is -0.475 e. The second-order valence-electron chi connectivity index (χ2n) is 6.56. The molecular formula is C19H25F3N2O3. The molecule has 1 aliphatic carbocycles. The van der Waals surface area contributed by atoms with E-state index >= 15 is 0 Å². The van der Waals surface area contributed by atoms with Crippen molar-refractivity contribution >= 4 is 11.9 Å². The molecule has 0 fully saturated rings. The Hall–Kier alpha value is -2.35. The van der Waals surface area contributed by atoms with E-state index in [0.717, 1.165) is 31.4 Å². The quantitative estimate of drug-likeness (QED) is 0.762. The number of aliphatic carboxylic acids is 1. The molecular weight excluding hydrogens is 361 g/mol. The number of carboxylic acid groups (broad SMARTS) is 1. The number of alkyl halides is 3. The Morgan fingerprint density at radius 3 is 2.15 bits per heavy atom. The van der Waals surface area contributed by atoms with Crippen LogP contribution in [0.5, 0.6) is 0 Å². The fraction of sp³-hybridized carbons (Fsp3) is 0.474. The van der Waals surface area contributed by atoms with Crippen LogP contribution in [0.1, 0.15) is 30.4 Å². The molecule has 0 radical (unpaired) electrons. The Labute approximate surface area is 156 Å². The van der Waals surface area contributed by atoms with E-state index in [0.29, 0.717) is 6.54 Å². The maximum Gasteiger partial charge on any atom is 0.490 e. The van der Waals surface area contributed by atoms with Gasteiger partial charge in [-0.1, -0.05) is 36.4 Å². The monoisotopic (exact) mass is 386 g/mol. The fourth-order valence-electron chi connectivity index (χ4n) is 2.49. The summed E-state index contributed by atoms with van der Waals surface area (Å²) in [6.45, 7) is 1.57. The summed E-state index contributed by atoms with van der Waals surface area (Å²) >= 11 is 0. The summed E-state index contributed by atoms with van der Waals surface area (Å²) in [4.78, 5) is 23.1. The molecule has 0 heterocycles. The molecule has 27 heavy (non-hydrogen) atoms. The molecule has 0 spiro atoms. The highest BCUT2D eigenvalue weighted by molar-refractivity contribution is 5.78. The van der Waals surface area contributed by atoms with Gasteiger partial charge in [0.2, 0.25) is 5.91 Å². The van der Waals surface area contributed by atoms with E-state index in [1.165, 1.54) is 5.56 Å². The smallest absolute Gasteiger partial charge is 0.475 e. The predicted octanol–water partition coefficient (Wildman–Crippen LogP) is 3.35. The Morgan fingerprint density at radius 2 is 1.70 bits per heavy atom. The molecule has 0 saturated carbocycles. The van der Waals surface area contributed by atoms with Crippen molar-refractivity contribution in [3.8, 4) is 0 Å². The molecule has 8 heteroatoms. The van der Waals surface area contributed by atoms with E-state index in [4.69, 9.17) is 9.90 Å². The molecule has 1 aromatic rings. The fourth-order valence-corrected chi connectivity index (χ4v) is 2.49. The third kappa shape index (κ3) is 9.23. The van der Waals surface area contributed by atoms with Crippen molar-refractivity contribution in [2.75, 3.05) is 14.1 Å². The van der Waals surface area contributed by atoms with Gasteiger partial charge in [0.15, 0.2) is 0 Å². The lowest BCUT2D eigenvalue weighted by molar-refractivity contribution is -0.192. The topological polar surface area (TPSA) is 69.6 Å². The van der Waals surface area contributed by atoms with Crippen LogP contribution >= 0.6 is 0 Å². The molecule has 1 unspecified atom stereocenters. The molecule has 0 saturated heterocycles. The molecule has 5 nitrogen and oxygen atoms in total. The van der Waals surface area contributed by atoms with Crippen LogP contribution < -0.4 is 5.32 Å². The molecule has 2 N–H and O–H groups in total. The first-order valence-electron chi connectivity index (χ1n) is 8.55. The number of hydrogen-bond acceptors (Lipinski definition) is 3. The van der Waals surface area contributed by atoms with Crippen LogP contribution in [0.2, 0.25) is 0 Å². The van der Waals surface area contributed by atoms with Crippen molar-refractivity contribution in [2.45, 2.75) is 38.5 Å². The summed E-state index contributed by atoms with van der Waals surface area (Å²) in [7, 11) is 4.12. The van der Waals surface area contributed by atoms with E-state index in [1.807, 2.05) is 0 Å². The Bertz CT molecular complexity index is 641. The Balaban J connectivity index is 0.000000445. The van der Waals surface area contributed by atoms with Gasteiger partial charge in [-0.15, -0.1) is 0 Å². The lowest BCUT2D eigenvalue weighted by Crippen LogP contribution is -2.30. The third-order valence-electron chi connectivity index (χ3n) is 3.87. The first-order chi connectivity index (χ1) is 12.6. The van der Waals surface area contributed by atoms with E-state index in [-0.39, 0.29) is 11.8 Å². The molecule has 1 amide bonds. The maximum absolute atomic E-state index is 12.0. The zero-order valence-corrected chi connectivity index (χ0v) is 15.4. The molecule has 0 aromatic heterocycles. The van der Waals surface area contributed by atoms with Crippen molar-refractivity contribution in [1.29, 1.82) is 0 Å². The van der Waals surface area contributed by atoms with Crippen LogP contribution in [0.3, 0.4) is 0 Å². The summed E-state index contributed by atoms with van der Waals surface area (Å²) < 4.78 is 31.7. The second-order valence-corrected chi connectivity index (χ2v) is 6.56. The van der Waals surface area contributed by atoms with Crippen molar-refractivity contribution < 1.29 is 27.9 Å². The third-order valence-corrected chi connectivity index (χ3v) is 3.87. The molecule has 150 valence electrons. The Kier molecular flexibility index (Phi) is 9.00. The van der Waals surface area contributed by atoms with Crippen molar-refractivity contribution in [2.24, 2.45) is 5.92 Å². The van der Waals surface area contributed by atoms with Crippen molar-refractivity contribution in [1.82, 2.24) is 10.2 Å². The zero-order chi connectivity index (χ0) is 20.4. The highest BCUT2D eigenvalue weighted by Crippen LogP contribution is 2.18. The van der Waals surface area contributed by atoms with Crippen LogP contribution in [0.15, 0.2) is 36.4 Å². The van der Waals surface area contributed by atoms with Gasteiger partial charge in [0, 0.05) is 19.0 Å². The summed E-state index contributed by atoms with van der Waals surface area (Å²) in [6, 6.07) is 8.45. The number of nitrogens with zero attached hydrogens (tertiary/aromatic N) is 1. The van der Waals surface area contributed by atoms with Crippen LogP contribution in [0, 0.1) is 5.92 Å². The van der Waals surface area contributed by atoms with Crippen LogP contribution in [0.25, 0.3) is 0 Å². The first-order valence-corrected chi connectivity index (χ1v) is 8.55. The number of rotatable bonds is 5. The second kappa shape index (κ2) is 10.7. The van der Waals surface area contributed by atoms with Crippen LogP contribution in [-0.2, 0) is 22.7 Å². The minimum atomic E-state index is -5.08. The molecule has 2 rings (SSSR count). The number of benzene rings is 1. The molecule has 1 aliphatic rings. The van der Waals surface area contributed by atoms with Gasteiger partial charge in [0.1, 0.15) is 0 Å². The normalized spacial score (nSPS) is 16.4. The van der Waals surface area contributed by atoms with Gasteiger partial charge in [-0.2, -0.15) is 13.2 Å². The average Bonchev–Trinajstić information content (AvgIpc) is 2.61. The number of carbonyl (C=O) groups is 2. The molecule has 1 aromatic carbocycles. The SMILES string of the molecule is CN(C)Cc1ccc(CNC(=O)C2CC=CCC2)cc1.O=C(O)C(F)(F)F. The van der Waals surface area contributed by atoms with Crippen LogP contribution in [-0.4, -0.2) is 42.2 Å². The van der Waals surface area contributed by atoms with Gasteiger partial charge >= 0.3 is 12.1 Å². The highest BCUT2D eigenvalue weighted by Gasteiger charge is 2.38. The number of halogens is 3. The first kappa shape index (κ1) is 22.7. The summed E-state index contributed by atoms with van der Waals surface area (Å²) in [5, 5.41) is 10.2. The van der Waals surface area contributed by atoms with Gasteiger partial charge in [0.25, 0.3) is 0 Å². The largest absolute Gasteiger partial charge is 0.490 e. The summed E-state index contributed by atoms with van der Waals surface area (Å²) in [5.41, 5.74) is 2.45. The number of carboxylic acids is 1. The number of amides is 1. The number of carbonyl (C=O) groups excluding carboxylic acids is 1. The van der Waals surface area contributed by atoms with Crippen molar-refractivity contribution in [3.05, 3.63) is 47.5 Å². The van der Waals surface area contributed by atoms with Crippen LogP contribution in [0.4, 0.5) is 13.2 Å². The van der Waals surface area contributed by atoms with Gasteiger partial charge < -0.3 is 15.3 Å². The van der Waals surface area contributed by atoms with E-state index in [1.54, 1.807) is 0 Å². The highest BCUT2D eigenvalue weighted by atomic mass is 19.4.